The molecule has 13 nitrogen and oxygen atoms in total. The fourth-order valence-electron chi connectivity index (χ4n) is 5.78. The summed E-state index contributed by atoms with van der Waals surface area (Å²) < 4.78 is 21.9. The zero-order valence-electron chi connectivity index (χ0n) is 26.8. The first-order valence-corrected chi connectivity index (χ1v) is 14.5. The summed E-state index contributed by atoms with van der Waals surface area (Å²) in [5.74, 6) is -5.03. The second-order valence-corrected chi connectivity index (χ2v) is 11.4. The summed E-state index contributed by atoms with van der Waals surface area (Å²) in [4.78, 5) is 62.5. The van der Waals surface area contributed by atoms with Crippen LogP contribution in [0.2, 0.25) is 0 Å². The van der Waals surface area contributed by atoms with Crippen LogP contribution in [0.5, 0.6) is 5.75 Å². The molecule has 1 aliphatic rings. The molecule has 0 radical (unpaired) electrons. The Bertz CT molecular complexity index is 1510. The first-order valence-electron chi connectivity index (χ1n) is 14.5. The molecule has 3 rings (SSSR count). The molecule has 1 fully saturated rings. The number of aryl methyl sites for hydroxylation is 2. The normalized spacial score (nSPS) is 26.6. The van der Waals surface area contributed by atoms with Gasteiger partial charge < -0.3 is 39.4 Å². The number of aliphatic hydroxyl groups is 4. The smallest absolute Gasteiger partial charge is 0.344 e. The number of aliphatic hydroxyl groups excluding tert-OH is 1. The maximum absolute atomic E-state index is 12.9. The summed E-state index contributed by atoms with van der Waals surface area (Å²) in [6.07, 6.45) is -6.80. The van der Waals surface area contributed by atoms with Gasteiger partial charge in [0.15, 0.2) is 41.6 Å². The number of hydrogen-bond donors (Lipinski definition) is 4. The molecule has 0 amide bonds. The summed E-state index contributed by atoms with van der Waals surface area (Å²) in [7, 11) is 0. The van der Waals surface area contributed by atoms with Gasteiger partial charge in [0.2, 0.25) is 11.2 Å². The standard InChI is InChI=1S/C33H40O13/c1-8-43-26(38)16-44-28-17(2)12-25(13-18(28)3)24-11-9-10-23(14-24)15-45-30-32(41,21(6)36)33(42,22(7)37)31(40,20(5)35)29(46-30)27(39)19(4)34/h9-14,27,29-30,39-42H,8,15-16H2,1-7H3/t27?,29-,30+,31-,32-,33+/m1/s1. The summed E-state index contributed by atoms with van der Waals surface area (Å²) in [6.45, 7) is 8.09. The number of carbonyl (C=O) groups is 5. The molecule has 1 unspecified atom stereocenters. The first-order chi connectivity index (χ1) is 21.4. The van der Waals surface area contributed by atoms with Crippen LogP contribution < -0.4 is 4.74 Å². The first kappa shape index (κ1) is 36.6. The van der Waals surface area contributed by atoms with E-state index in [1.54, 1.807) is 31.2 Å². The van der Waals surface area contributed by atoms with E-state index in [9.17, 15) is 44.4 Å². The van der Waals surface area contributed by atoms with E-state index in [2.05, 4.69) is 0 Å². The SMILES string of the molecule is CCOC(=O)COc1c(C)cc(-c2cccc(CO[C@H]3O[C@H](C(O)C(C)=O)[C@](O)(C(C)=O)[C@@](O)(C(C)=O)[C@@]3(O)C(C)=O)c2)cc1C. The molecule has 1 aliphatic heterocycles. The number of benzene rings is 2. The highest BCUT2D eigenvalue weighted by molar-refractivity contribution is 6.05. The van der Waals surface area contributed by atoms with Crippen LogP contribution in [0.4, 0.5) is 0 Å². The van der Waals surface area contributed by atoms with Gasteiger partial charge in [-0.25, -0.2) is 4.79 Å². The van der Waals surface area contributed by atoms with Gasteiger partial charge in [0.1, 0.15) is 18.0 Å². The molecule has 46 heavy (non-hydrogen) atoms. The number of carbonyl (C=O) groups excluding carboxylic acids is 5. The Balaban J connectivity index is 1.99. The van der Waals surface area contributed by atoms with E-state index in [1.165, 1.54) is 0 Å². The van der Waals surface area contributed by atoms with Crippen LogP contribution in [0.15, 0.2) is 36.4 Å². The Labute approximate surface area is 266 Å². The van der Waals surface area contributed by atoms with Gasteiger partial charge in [-0.3, -0.25) is 19.2 Å². The van der Waals surface area contributed by atoms with Crippen molar-refractivity contribution in [3.63, 3.8) is 0 Å². The molecule has 1 saturated heterocycles. The summed E-state index contributed by atoms with van der Waals surface area (Å²) in [5.41, 5.74) is -6.91. The van der Waals surface area contributed by atoms with E-state index >= 15 is 0 Å². The van der Waals surface area contributed by atoms with E-state index in [4.69, 9.17) is 18.9 Å². The van der Waals surface area contributed by atoms with Crippen LogP contribution in [0.1, 0.15) is 51.3 Å². The molecule has 0 bridgehead atoms. The minimum absolute atomic E-state index is 0.235. The molecular formula is C33H40O13. The van der Waals surface area contributed by atoms with Crippen molar-refractivity contribution in [2.24, 2.45) is 0 Å². The van der Waals surface area contributed by atoms with E-state index in [-0.39, 0.29) is 13.2 Å². The average molecular weight is 645 g/mol. The molecule has 2 aromatic rings. The predicted octanol–water partition coefficient (Wildman–Crippen LogP) is 1.06. The molecule has 1 heterocycles. The lowest BCUT2D eigenvalue weighted by Gasteiger charge is -2.57. The Morgan fingerprint density at radius 2 is 1.46 bits per heavy atom. The second-order valence-electron chi connectivity index (χ2n) is 11.4. The van der Waals surface area contributed by atoms with Crippen LogP contribution in [0.25, 0.3) is 11.1 Å². The van der Waals surface area contributed by atoms with E-state index in [0.29, 0.717) is 16.9 Å². The van der Waals surface area contributed by atoms with Gasteiger partial charge in [0.25, 0.3) is 0 Å². The van der Waals surface area contributed by atoms with Crippen LogP contribution in [0, 0.1) is 13.8 Å². The molecule has 0 spiro atoms. The lowest BCUT2D eigenvalue weighted by molar-refractivity contribution is -0.374. The Hall–Kier alpha value is -3.85. The van der Waals surface area contributed by atoms with E-state index in [1.807, 2.05) is 26.0 Å². The van der Waals surface area contributed by atoms with E-state index < -0.39 is 71.0 Å². The number of ketones is 4. The van der Waals surface area contributed by atoms with Gasteiger partial charge in [0, 0.05) is 0 Å². The Morgan fingerprint density at radius 1 is 0.870 bits per heavy atom. The van der Waals surface area contributed by atoms with Gasteiger partial charge in [-0.15, -0.1) is 0 Å². The molecule has 250 valence electrons. The lowest BCUT2D eigenvalue weighted by Crippen LogP contribution is -2.87. The Morgan fingerprint density at radius 3 is 1.96 bits per heavy atom. The summed E-state index contributed by atoms with van der Waals surface area (Å²) >= 11 is 0. The van der Waals surface area contributed by atoms with Crippen molar-refractivity contribution >= 4 is 29.1 Å². The molecular weight excluding hydrogens is 604 g/mol. The van der Waals surface area contributed by atoms with Crippen LogP contribution in [0.3, 0.4) is 0 Å². The zero-order chi connectivity index (χ0) is 34.8. The van der Waals surface area contributed by atoms with Crippen molar-refractivity contribution in [2.75, 3.05) is 13.2 Å². The second kappa shape index (κ2) is 13.9. The fourth-order valence-corrected chi connectivity index (χ4v) is 5.78. The van der Waals surface area contributed by atoms with Gasteiger partial charge in [0.05, 0.1) is 13.2 Å². The van der Waals surface area contributed by atoms with Crippen molar-refractivity contribution in [3.8, 4) is 16.9 Å². The van der Waals surface area contributed by atoms with Gasteiger partial charge in [-0.2, -0.15) is 0 Å². The maximum atomic E-state index is 12.9. The number of hydrogen-bond acceptors (Lipinski definition) is 13. The highest BCUT2D eigenvalue weighted by Gasteiger charge is 2.79. The molecule has 6 atom stereocenters. The molecule has 0 saturated carbocycles. The molecule has 0 aromatic heterocycles. The van der Waals surface area contributed by atoms with Crippen LogP contribution in [-0.2, 0) is 44.8 Å². The fraction of sp³-hybridized carbons (Fsp3) is 0.485. The molecule has 13 heteroatoms. The van der Waals surface area contributed by atoms with Gasteiger partial charge in [-0.1, -0.05) is 18.2 Å². The highest BCUT2D eigenvalue weighted by atomic mass is 16.7. The third-order valence-electron chi connectivity index (χ3n) is 8.17. The number of rotatable bonds is 13. The van der Waals surface area contributed by atoms with Crippen LogP contribution >= 0.6 is 0 Å². The number of esters is 1. The molecule has 2 aromatic carbocycles. The average Bonchev–Trinajstić information content (AvgIpc) is 2.98. The molecule has 4 N–H and O–H groups in total. The maximum Gasteiger partial charge on any atom is 0.344 e. The minimum Gasteiger partial charge on any atom is -0.481 e. The van der Waals surface area contributed by atoms with Crippen molar-refractivity contribution in [1.29, 1.82) is 0 Å². The lowest BCUT2D eigenvalue weighted by atomic mass is 9.60. The topological polar surface area (TPSA) is 203 Å². The summed E-state index contributed by atoms with van der Waals surface area (Å²) in [6, 6.07) is 10.5. The van der Waals surface area contributed by atoms with Crippen molar-refractivity contribution in [3.05, 3.63) is 53.1 Å². The molecule has 0 aliphatic carbocycles. The number of ether oxygens (including phenoxy) is 4. The van der Waals surface area contributed by atoms with Crippen molar-refractivity contribution in [2.45, 2.75) is 90.4 Å². The summed E-state index contributed by atoms with van der Waals surface area (Å²) in [5, 5.41) is 45.4. The van der Waals surface area contributed by atoms with Crippen molar-refractivity contribution in [1.82, 2.24) is 0 Å². The van der Waals surface area contributed by atoms with Crippen LogP contribution in [-0.4, -0.2) is 98.0 Å². The third kappa shape index (κ3) is 6.26. The largest absolute Gasteiger partial charge is 0.481 e. The predicted molar refractivity (Wildman–Crippen MR) is 161 cm³/mol. The van der Waals surface area contributed by atoms with E-state index in [0.717, 1.165) is 44.4 Å². The van der Waals surface area contributed by atoms with Gasteiger partial charge in [-0.05, 0) is 94.5 Å². The zero-order valence-corrected chi connectivity index (χ0v) is 26.8. The monoisotopic (exact) mass is 644 g/mol. The highest BCUT2D eigenvalue weighted by Crippen LogP contribution is 2.48. The number of Topliss-reactive ketones (excluding diaryl/α,β-unsaturated/α-hetero) is 4. The minimum atomic E-state index is -3.59. The third-order valence-corrected chi connectivity index (χ3v) is 8.17. The van der Waals surface area contributed by atoms with Gasteiger partial charge >= 0.3 is 5.97 Å². The quantitative estimate of drug-likeness (QED) is 0.226. The Kier molecular flexibility index (Phi) is 11.0. The van der Waals surface area contributed by atoms with Crippen molar-refractivity contribution < 1.29 is 63.3 Å².